The van der Waals surface area contributed by atoms with Crippen LogP contribution in [0, 0.1) is 5.92 Å². The first-order valence-electron chi connectivity index (χ1n) is 12.9. The van der Waals surface area contributed by atoms with Gasteiger partial charge in [-0.2, -0.15) is 10.2 Å². The van der Waals surface area contributed by atoms with Crippen molar-refractivity contribution in [2.75, 3.05) is 25.1 Å². The molecule has 3 aromatic heterocycles. The highest BCUT2D eigenvalue weighted by Crippen LogP contribution is 2.31. The lowest BCUT2D eigenvalue weighted by molar-refractivity contribution is 0.219. The lowest BCUT2D eigenvalue weighted by Crippen LogP contribution is -2.51. The minimum Gasteiger partial charge on any atom is -0.497 e. The van der Waals surface area contributed by atoms with Gasteiger partial charge in [-0.25, -0.2) is 4.68 Å². The van der Waals surface area contributed by atoms with E-state index in [2.05, 4.69) is 53.9 Å². The van der Waals surface area contributed by atoms with Crippen molar-refractivity contribution in [3.05, 3.63) is 42.4 Å². The van der Waals surface area contributed by atoms with Crippen LogP contribution >= 0.6 is 0 Å². The highest BCUT2D eigenvalue weighted by Gasteiger charge is 2.28. The van der Waals surface area contributed by atoms with Crippen molar-refractivity contribution in [3.63, 3.8) is 0 Å². The summed E-state index contributed by atoms with van der Waals surface area (Å²) < 4.78 is 7.22. The van der Waals surface area contributed by atoms with Gasteiger partial charge in [-0.1, -0.05) is 11.6 Å². The first-order valence-corrected chi connectivity index (χ1v) is 12.9. The van der Waals surface area contributed by atoms with Crippen molar-refractivity contribution >= 4 is 16.7 Å². The molecule has 1 unspecified atom stereocenters. The van der Waals surface area contributed by atoms with Crippen molar-refractivity contribution in [2.45, 2.75) is 57.7 Å². The maximum absolute atomic E-state index is 5.43. The van der Waals surface area contributed by atoms with E-state index in [0.29, 0.717) is 18.6 Å². The molecule has 1 aliphatic carbocycles. The molecule has 0 amide bonds. The van der Waals surface area contributed by atoms with Gasteiger partial charge < -0.3 is 15.0 Å². The molecule has 2 atom stereocenters. The Morgan fingerprint density at radius 1 is 1.14 bits per heavy atom. The summed E-state index contributed by atoms with van der Waals surface area (Å²) in [6.45, 7) is 4.86. The molecule has 1 aromatic carbocycles. The Bertz CT molecular complexity index is 1310. The number of rotatable bonds is 8. The van der Waals surface area contributed by atoms with E-state index in [0.717, 1.165) is 58.4 Å². The Balaban J connectivity index is 1.11. The fraction of sp³-hybridized carbons (Fsp3) is 0.500. The average Bonchev–Trinajstić information content (AvgIpc) is 3.52. The molecule has 10 nitrogen and oxygen atoms in total. The number of piperidine rings is 1. The minimum atomic E-state index is 0.502. The molecule has 0 spiro atoms. The van der Waals surface area contributed by atoms with Crippen LogP contribution in [-0.4, -0.2) is 67.7 Å². The lowest BCUT2D eigenvalue weighted by Gasteiger charge is -2.39. The monoisotopic (exact) mass is 487 g/mol. The van der Waals surface area contributed by atoms with Gasteiger partial charge in [-0.15, -0.1) is 10.2 Å². The van der Waals surface area contributed by atoms with Crippen LogP contribution in [0.4, 0.5) is 5.82 Å². The summed E-state index contributed by atoms with van der Waals surface area (Å²) in [6, 6.07) is 9.11. The van der Waals surface area contributed by atoms with E-state index in [1.165, 1.54) is 32.1 Å². The number of methoxy groups -OCH3 is 1. The van der Waals surface area contributed by atoms with Gasteiger partial charge in [0.25, 0.3) is 0 Å². The predicted octanol–water partition coefficient (Wildman–Crippen LogP) is 3.42. The van der Waals surface area contributed by atoms with E-state index >= 15 is 0 Å². The van der Waals surface area contributed by atoms with Crippen molar-refractivity contribution in [3.8, 4) is 17.0 Å². The van der Waals surface area contributed by atoms with Gasteiger partial charge in [-0.3, -0.25) is 5.10 Å². The molecule has 0 radical (unpaired) electrons. The van der Waals surface area contributed by atoms with E-state index in [9.17, 15) is 0 Å². The Morgan fingerprint density at radius 3 is 2.83 bits per heavy atom. The number of H-pyrrole nitrogens is 1. The van der Waals surface area contributed by atoms with Crippen molar-refractivity contribution < 1.29 is 4.74 Å². The molecule has 2 N–H and O–H groups in total. The fourth-order valence-corrected chi connectivity index (χ4v) is 5.39. The molecule has 1 aliphatic heterocycles. The predicted molar refractivity (Wildman–Crippen MR) is 138 cm³/mol. The van der Waals surface area contributed by atoms with E-state index in [4.69, 9.17) is 4.74 Å². The average molecular weight is 488 g/mol. The van der Waals surface area contributed by atoms with Crippen LogP contribution in [0.1, 0.15) is 44.7 Å². The zero-order valence-electron chi connectivity index (χ0n) is 20.9. The summed E-state index contributed by atoms with van der Waals surface area (Å²) >= 11 is 0. The number of aromatic amines is 1. The molecule has 2 fully saturated rings. The summed E-state index contributed by atoms with van der Waals surface area (Å²) in [5, 5.41) is 29.8. The maximum atomic E-state index is 5.43. The smallest absolute Gasteiger partial charge is 0.151 e. The first kappa shape index (κ1) is 22.9. The molecule has 2 aliphatic rings. The molecule has 10 heteroatoms. The van der Waals surface area contributed by atoms with Crippen LogP contribution in [0.25, 0.3) is 22.2 Å². The number of nitrogens with one attached hydrogen (secondary N) is 2. The molecule has 4 aromatic rings. The van der Waals surface area contributed by atoms with Gasteiger partial charge in [0.15, 0.2) is 5.82 Å². The Morgan fingerprint density at radius 2 is 2.06 bits per heavy atom. The van der Waals surface area contributed by atoms with Gasteiger partial charge in [0.2, 0.25) is 0 Å². The Hall–Kier alpha value is -3.53. The van der Waals surface area contributed by atoms with Crippen molar-refractivity contribution in [1.29, 1.82) is 0 Å². The third-order valence-electron chi connectivity index (χ3n) is 7.71. The number of ether oxygens (including phenoxy) is 1. The van der Waals surface area contributed by atoms with E-state index in [-0.39, 0.29) is 0 Å². The first-order chi connectivity index (χ1) is 17.7. The molecule has 0 bridgehead atoms. The van der Waals surface area contributed by atoms with E-state index in [1.54, 1.807) is 18.0 Å². The van der Waals surface area contributed by atoms with Crippen LogP contribution in [0.5, 0.6) is 5.75 Å². The van der Waals surface area contributed by atoms with Crippen LogP contribution in [-0.2, 0) is 6.54 Å². The van der Waals surface area contributed by atoms with Gasteiger partial charge >= 0.3 is 0 Å². The summed E-state index contributed by atoms with van der Waals surface area (Å²) in [7, 11) is 1.65. The second-order valence-electron chi connectivity index (χ2n) is 10.1. The van der Waals surface area contributed by atoms with E-state index in [1.807, 2.05) is 24.4 Å². The second kappa shape index (κ2) is 9.85. The van der Waals surface area contributed by atoms with Crippen LogP contribution in [0.3, 0.4) is 0 Å². The molecule has 188 valence electrons. The number of fused-ring (bicyclic) bond motifs is 1. The van der Waals surface area contributed by atoms with Crippen LogP contribution < -0.4 is 15.0 Å². The summed E-state index contributed by atoms with van der Waals surface area (Å²) in [5.74, 6) is 2.54. The molecular formula is C26H33N9O. The van der Waals surface area contributed by atoms with Crippen molar-refractivity contribution in [1.82, 2.24) is 40.7 Å². The SMILES string of the molecule is COc1cc(-c2cn(Cc3ccc(N4CCC[C@@H](NC(C)C5CCC5)C4)nn3)nn2)c2cn[nH]c2c1. The Labute approximate surface area is 210 Å². The Kier molecular flexibility index (Phi) is 6.27. The summed E-state index contributed by atoms with van der Waals surface area (Å²) in [5.41, 5.74) is 3.42. The number of nitrogens with zero attached hydrogens (tertiary/aromatic N) is 7. The zero-order valence-corrected chi connectivity index (χ0v) is 20.9. The van der Waals surface area contributed by atoms with Gasteiger partial charge in [0, 0.05) is 42.2 Å². The minimum absolute atomic E-state index is 0.502. The third kappa shape index (κ3) is 4.65. The van der Waals surface area contributed by atoms with Crippen LogP contribution in [0.2, 0.25) is 0 Å². The molecule has 4 heterocycles. The number of benzene rings is 1. The quantitative estimate of drug-likeness (QED) is 0.389. The van der Waals surface area contributed by atoms with Gasteiger partial charge in [0.1, 0.15) is 11.4 Å². The maximum Gasteiger partial charge on any atom is 0.151 e. The third-order valence-corrected chi connectivity index (χ3v) is 7.71. The van der Waals surface area contributed by atoms with E-state index < -0.39 is 0 Å². The topological polar surface area (TPSA) is 110 Å². The normalized spacial score (nSPS) is 19.4. The lowest BCUT2D eigenvalue weighted by atomic mass is 9.80. The standard InChI is InChI=1S/C26H33N9O/c1-17(18-5-3-6-18)28-19-7-4-10-34(14-19)26-9-8-20(29-32-26)15-35-16-25(31-33-35)22-11-21(36-2)12-24-23(22)13-27-30-24/h8-9,11-13,16-19,28H,3-7,10,14-15H2,1-2H3,(H,27,30)/t17?,19-/m1/s1. The van der Waals surface area contributed by atoms with Gasteiger partial charge in [0.05, 0.1) is 37.3 Å². The number of hydrogen-bond acceptors (Lipinski definition) is 8. The molecular weight excluding hydrogens is 454 g/mol. The molecule has 36 heavy (non-hydrogen) atoms. The summed E-state index contributed by atoms with van der Waals surface area (Å²) in [4.78, 5) is 2.36. The molecule has 1 saturated heterocycles. The zero-order chi connectivity index (χ0) is 24.5. The van der Waals surface area contributed by atoms with Crippen LogP contribution in [0.15, 0.2) is 36.7 Å². The largest absolute Gasteiger partial charge is 0.497 e. The second-order valence-corrected chi connectivity index (χ2v) is 10.1. The summed E-state index contributed by atoms with van der Waals surface area (Å²) in [6.07, 6.45) is 10.3. The number of hydrogen-bond donors (Lipinski definition) is 2. The highest BCUT2D eigenvalue weighted by atomic mass is 16.5. The number of aromatic nitrogens is 7. The number of anilines is 1. The molecule has 1 saturated carbocycles. The van der Waals surface area contributed by atoms with Crippen molar-refractivity contribution in [2.24, 2.45) is 5.92 Å². The van der Waals surface area contributed by atoms with Gasteiger partial charge in [-0.05, 0) is 56.7 Å². The molecule has 6 rings (SSSR count). The highest BCUT2D eigenvalue weighted by molar-refractivity contribution is 5.94. The fourth-order valence-electron chi connectivity index (χ4n) is 5.39.